The van der Waals surface area contributed by atoms with Crippen LogP contribution in [0.2, 0.25) is 0 Å². The van der Waals surface area contributed by atoms with E-state index in [9.17, 15) is 14.4 Å². The molecule has 0 spiro atoms. The van der Waals surface area contributed by atoms with Crippen LogP contribution in [0.1, 0.15) is 59.6 Å². The highest BCUT2D eigenvalue weighted by Crippen LogP contribution is 2.44. The van der Waals surface area contributed by atoms with Crippen molar-refractivity contribution in [3.8, 4) is 0 Å². The van der Waals surface area contributed by atoms with Crippen molar-refractivity contribution >= 4 is 33.7 Å². The van der Waals surface area contributed by atoms with Crippen molar-refractivity contribution in [3.05, 3.63) is 69.7 Å². The van der Waals surface area contributed by atoms with E-state index >= 15 is 0 Å². The molecule has 2 aliphatic carbocycles. The van der Waals surface area contributed by atoms with Crippen LogP contribution < -0.4 is 10.6 Å². The van der Waals surface area contributed by atoms with Crippen molar-refractivity contribution in [2.45, 2.75) is 49.6 Å². The summed E-state index contributed by atoms with van der Waals surface area (Å²) >= 11 is 3.53. The molecule has 1 heterocycles. The highest BCUT2D eigenvalue weighted by molar-refractivity contribution is 9.10. The van der Waals surface area contributed by atoms with Gasteiger partial charge in [-0.2, -0.15) is 0 Å². The third-order valence-electron chi connectivity index (χ3n) is 6.98. The van der Waals surface area contributed by atoms with Crippen LogP contribution in [0.25, 0.3) is 0 Å². The fourth-order valence-corrected chi connectivity index (χ4v) is 5.32. The zero-order valence-corrected chi connectivity index (χ0v) is 19.4. The minimum absolute atomic E-state index is 0.0387. The Balaban J connectivity index is 1.21. The fraction of sp³-hybridized carbons (Fsp3) is 0.400. The average molecular weight is 496 g/mol. The molecule has 0 bridgehead atoms. The van der Waals surface area contributed by atoms with E-state index in [1.807, 2.05) is 30.3 Å². The summed E-state index contributed by atoms with van der Waals surface area (Å²) in [7, 11) is 0. The van der Waals surface area contributed by atoms with Crippen LogP contribution in [0.15, 0.2) is 53.0 Å². The smallest absolute Gasteiger partial charge is 0.255 e. The van der Waals surface area contributed by atoms with Gasteiger partial charge in [0.15, 0.2) is 0 Å². The van der Waals surface area contributed by atoms with Crippen LogP contribution in [-0.4, -0.2) is 41.8 Å². The number of nitrogens with one attached hydrogen (secondary N) is 2. The molecule has 6 nitrogen and oxygen atoms in total. The van der Waals surface area contributed by atoms with Crippen LogP contribution in [0, 0.1) is 0 Å². The van der Waals surface area contributed by atoms with Gasteiger partial charge in [0.05, 0.1) is 6.54 Å². The Labute approximate surface area is 195 Å². The van der Waals surface area contributed by atoms with Crippen molar-refractivity contribution in [2.75, 3.05) is 13.1 Å². The second-order valence-electron chi connectivity index (χ2n) is 9.07. The molecule has 166 valence electrons. The van der Waals surface area contributed by atoms with Crippen LogP contribution >= 0.6 is 15.9 Å². The lowest BCUT2D eigenvalue weighted by Gasteiger charge is -2.42. The van der Waals surface area contributed by atoms with Gasteiger partial charge in [0, 0.05) is 28.0 Å². The predicted molar refractivity (Wildman–Crippen MR) is 124 cm³/mol. The molecule has 2 aromatic rings. The van der Waals surface area contributed by atoms with Crippen molar-refractivity contribution in [3.63, 3.8) is 0 Å². The minimum Gasteiger partial charge on any atom is -0.354 e. The standard InChI is InChI=1S/C25H26BrN3O3/c26-17-6-3-5-16(13-17)25(11-4-12-25)15-28-21(30)14-27-23(31)22-19-7-1-2-8-20(19)24(32)29(22)18-9-10-18/h1-3,5-8,13,18,22H,4,9-12,14-15H2,(H,27,31)(H,28,30). The molecule has 1 atom stereocenters. The summed E-state index contributed by atoms with van der Waals surface area (Å²) in [5, 5.41) is 5.78. The summed E-state index contributed by atoms with van der Waals surface area (Å²) in [6, 6.07) is 15.0. The highest BCUT2D eigenvalue weighted by atomic mass is 79.9. The topological polar surface area (TPSA) is 78.5 Å². The normalized spacial score (nSPS) is 21.0. The molecule has 1 aliphatic heterocycles. The Morgan fingerprint density at radius 3 is 2.53 bits per heavy atom. The summed E-state index contributed by atoms with van der Waals surface area (Å²) in [6.07, 6.45) is 5.05. The van der Waals surface area contributed by atoms with E-state index in [1.54, 1.807) is 11.0 Å². The van der Waals surface area contributed by atoms with E-state index in [-0.39, 0.29) is 35.7 Å². The van der Waals surface area contributed by atoms with Gasteiger partial charge in [-0.1, -0.05) is 52.7 Å². The molecule has 0 aromatic heterocycles. The predicted octanol–water partition coefficient (Wildman–Crippen LogP) is 3.46. The van der Waals surface area contributed by atoms with E-state index in [0.29, 0.717) is 12.1 Å². The molecule has 0 radical (unpaired) electrons. The lowest BCUT2D eigenvalue weighted by atomic mass is 9.64. The first-order valence-electron chi connectivity index (χ1n) is 11.2. The van der Waals surface area contributed by atoms with Crippen LogP contribution in [0.4, 0.5) is 0 Å². The van der Waals surface area contributed by atoms with Gasteiger partial charge in [-0.25, -0.2) is 0 Å². The molecule has 2 saturated carbocycles. The third-order valence-corrected chi connectivity index (χ3v) is 7.48. The van der Waals surface area contributed by atoms with E-state index in [2.05, 4.69) is 38.7 Å². The molecule has 2 aromatic carbocycles. The molecular weight excluding hydrogens is 470 g/mol. The number of benzene rings is 2. The summed E-state index contributed by atoms with van der Waals surface area (Å²) in [5.74, 6) is -0.598. The molecule has 7 heteroatoms. The summed E-state index contributed by atoms with van der Waals surface area (Å²) < 4.78 is 1.03. The van der Waals surface area contributed by atoms with Crippen LogP contribution in [0.5, 0.6) is 0 Å². The highest BCUT2D eigenvalue weighted by Gasteiger charge is 2.47. The number of fused-ring (bicyclic) bond motifs is 1. The average Bonchev–Trinajstić information content (AvgIpc) is 3.55. The molecule has 1 unspecified atom stereocenters. The maximum Gasteiger partial charge on any atom is 0.255 e. The minimum atomic E-state index is -0.654. The monoisotopic (exact) mass is 495 g/mol. The summed E-state index contributed by atoms with van der Waals surface area (Å²) in [6.45, 7) is 0.454. The van der Waals surface area contributed by atoms with Gasteiger partial charge in [-0.3, -0.25) is 14.4 Å². The Kier molecular flexibility index (Phi) is 5.53. The summed E-state index contributed by atoms with van der Waals surface area (Å²) in [4.78, 5) is 40.1. The molecule has 3 amide bonds. The molecule has 32 heavy (non-hydrogen) atoms. The number of hydrogen-bond acceptors (Lipinski definition) is 3. The Morgan fingerprint density at radius 1 is 1.06 bits per heavy atom. The number of hydrogen-bond donors (Lipinski definition) is 2. The Morgan fingerprint density at radius 2 is 1.84 bits per heavy atom. The van der Waals surface area contributed by atoms with E-state index in [0.717, 1.165) is 42.1 Å². The lowest BCUT2D eigenvalue weighted by molar-refractivity contribution is -0.129. The van der Waals surface area contributed by atoms with E-state index in [1.165, 1.54) is 5.56 Å². The molecule has 2 fully saturated rings. The van der Waals surface area contributed by atoms with Crippen molar-refractivity contribution < 1.29 is 14.4 Å². The zero-order valence-electron chi connectivity index (χ0n) is 17.8. The van der Waals surface area contributed by atoms with Crippen LogP contribution in [0.3, 0.4) is 0 Å². The zero-order chi connectivity index (χ0) is 22.3. The van der Waals surface area contributed by atoms with E-state index in [4.69, 9.17) is 0 Å². The quantitative estimate of drug-likeness (QED) is 0.617. The maximum absolute atomic E-state index is 13.0. The van der Waals surface area contributed by atoms with Crippen molar-refractivity contribution in [1.29, 1.82) is 0 Å². The molecule has 0 saturated heterocycles. The number of carbonyl (C=O) groups is 3. The molecule has 2 N–H and O–H groups in total. The van der Waals surface area contributed by atoms with Gasteiger partial charge in [0.25, 0.3) is 5.91 Å². The summed E-state index contributed by atoms with van der Waals surface area (Å²) in [5.41, 5.74) is 2.50. The van der Waals surface area contributed by atoms with E-state index < -0.39 is 6.04 Å². The van der Waals surface area contributed by atoms with Crippen LogP contribution in [-0.2, 0) is 15.0 Å². The van der Waals surface area contributed by atoms with Gasteiger partial charge >= 0.3 is 0 Å². The SMILES string of the molecule is O=C(CNC(=O)C1c2ccccc2C(=O)N1C1CC1)NCC1(c2cccc(Br)c2)CCC1. The second kappa shape index (κ2) is 8.35. The largest absolute Gasteiger partial charge is 0.354 e. The Hall–Kier alpha value is -2.67. The van der Waals surface area contributed by atoms with Crippen molar-refractivity contribution in [1.82, 2.24) is 15.5 Å². The third kappa shape index (κ3) is 3.83. The van der Waals surface area contributed by atoms with Crippen molar-refractivity contribution in [2.24, 2.45) is 0 Å². The van der Waals surface area contributed by atoms with Gasteiger partial charge in [0.2, 0.25) is 11.8 Å². The Bertz CT molecular complexity index is 1080. The number of amides is 3. The molecular formula is C25H26BrN3O3. The van der Waals surface area contributed by atoms with Gasteiger partial charge in [-0.05, 0) is 55.0 Å². The number of nitrogens with zero attached hydrogens (tertiary/aromatic N) is 1. The number of halogens is 1. The second-order valence-corrected chi connectivity index (χ2v) is 9.99. The first-order chi connectivity index (χ1) is 15.5. The van der Waals surface area contributed by atoms with Gasteiger partial charge in [-0.15, -0.1) is 0 Å². The first-order valence-corrected chi connectivity index (χ1v) is 12.0. The number of rotatable bonds is 7. The lowest BCUT2D eigenvalue weighted by Crippen LogP contribution is -2.49. The molecule has 3 aliphatic rings. The number of carbonyl (C=O) groups excluding carboxylic acids is 3. The van der Waals surface area contributed by atoms with Gasteiger partial charge < -0.3 is 15.5 Å². The fourth-order valence-electron chi connectivity index (χ4n) is 4.92. The first kappa shape index (κ1) is 21.2. The molecule has 5 rings (SSSR count). The maximum atomic E-state index is 13.0. The van der Waals surface area contributed by atoms with Gasteiger partial charge in [0.1, 0.15) is 6.04 Å².